The lowest BCUT2D eigenvalue weighted by molar-refractivity contribution is 0.296. The first-order valence-corrected chi connectivity index (χ1v) is 6.86. The molecular formula is C14H23ClN2O. The molecule has 0 bridgehead atoms. The van der Waals surface area contributed by atoms with E-state index in [1.165, 1.54) is 0 Å². The third-order valence-electron chi connectivity index (χ3n) is 3.35. The number of aliphatic hydroxyl groups is 1. The number of hydrogen-bond acceptors (Lipinski definition) is 3. The molecule has 0 aliphatic heterocycles. The molecule has 0 amide bonds. The fraction of sp³-hybridized carbons (Fsp3) is 0.571. The van der Waals surface area contributed by atoms with Crippen molar-refractivity contribution in [3.8, 4) is 0 Å². The maximum atomic E-state index is 9.25. The molecule has 0 spiro atoms. The van der Waals surface area contributed by atoms with Crippen LogP contribution in [-0.2, 0) is 0 Å². The molecule has 0 radical (unpaired) electrons. The van der Waals surface area contributed by atoms with E-state index >= 15 is 0 Å². The Morgan fingerprint density at radius 3 is 2.44 bits per heavy atom. The van der Waals surface area contributed by atoms with Crippen molar-refractivity contribution in [2.24, 2.45) is 0 Å². The van der Waals surface area contributed by atoms with Crippen molar-refractivity contribution in [3.63, 3.8) is 0 Å². The fourth-order valence-corrected chi connectivity index (χ4v) is 2.50. The van der Waals surface area contributed by atoms with Crippen LogP contribution in [0.5, 0.6) is 0 Å². The van der Waals surface area contributed by atoms with Gasteiger partial charge in [0.15, 0.2) is 0 Å². The molecule has 1 aromatic rings. The smallest absolute Gasteiger partial charge is 0.0656 e. The van der Waals surface area contributed by atoms with Crippen molar-refractivity contribution < 1.29 is 5.11 Å². The van der Waals surface area contributed by atoms with Gasteiger partial charge in [-0.1, -0.05) is 25.4 Å². The summed E-state index contributed by atoms with van der Waals surface area (Å²) in [4.78, 5) is 2.22. The molecule has 3 N–H and O–H groups in total. The first-order chi connectivity index (χ1) is 8.54. The van der Waals surface area contributed by atoms with Gasteiger partial charge < -0.3 is 15.7 Å². The van der Waals surface area contributed by atoms with Gasteiger partial charge in [-0.15, -0.1) is 0 Å². The molecule has 0 unspecified atom stereocenters. The van der Waals surface area contributed by atoms with Gasteiger partial charge in [-0.05, 0) is 37.5 Å². The summed E-state index contributed by atoms with van der Waals surface area (Å²) in [6.45, 7) is 7.10. The number of nitrogens with two attached hydrogens (primary N) is 1. The lowest BCUT2D eigenvalue weighted by Gasteiger charge is -2.33. The van der Waals surface area contributed by atoms with Crippen molar-refractivity contribution >= 4 is 23.0 Å². The van der Waals surface area contributed by atoms with Crippen molar-refractivity contribution in [2.45, 2.75) is 39.7 Å². The minimum Gasteiger partial charge on any atom is -0.398 e. The Morgan fingerprint density at radius 2 is 1.94 bits per heavy atom. The molecule has 18 heavy (non-hydrogen) atoms. The maximum absolute atomic E-state index is 9.25. The van der Waals surface area contributed by atoms with E-state index in [1.807, 2.05) is 19.1 Å². The number of halogens is 1. The maximum Gasteiger partial charge on any atom is 0.0656 e. The number of benzene rings is 1. The van der Waals surface area contributed by atoms with Gasteiger partial charge in [0.2, 0.25) is 0 Å². The molecule has 102 valence electrons. The molecule has 0 fully saturated rings. The Kier molecular flexibility index (Phi) is 5.76. The summed E-state index contributed by atoms with van der Waals surface area (Å²) in [5, 5.41) is 9.83. The van der Waals surface area contributed by atoms with Gasteiger partial charge in [-0.3, -0.25) is 0 Å². The largest absolute Gasteiger partial charge is 0.398 e. The van der Waals surface area contributed by atoms with E-state index in [0.29, 0.717) is 23.3 Å². The lowest BCUT2D eigenvalue weighted by Crippen LogP contribution is -2.37. The van der Waals surface area contributed by atoms with Crippen molar-refractivity contribution in [1.82, 2.24) is 0 Å². The molecule has 1 rings (SSSR count). The van der Waals surface area contributed by atoms with E-state index in [0.717, 1.165) is 24.1 Å². The first kappa shape index (κ1) is 15.1. The van der Waals surface area contributed by atoms with Gasteiger partial charge in [-0.25, -0.2) is 0 Å². The molecule has 4 heteroatoms. The summed E-state index contributed by atoms with van der Waals surface area (Å²) >= 11 is 6.11. The van der Waals surface area contributed by atoms with Crippen LogP contribution in [0, 0.1) is 6.92 Å². The molecule has 0 saturated heterocycles. The Morgan fingerprint density at radius 1 is 1.33 bits per heavy atom. The number of nitrogen functional groups attached to an aromatic ring is 1. The van der Waals surface area contributed by atoms with Gasteiger partial charge >= 0.3 is 0 Å². The van der Waals surface area contributed by atoms with Crippen LogP contribution in [0.4, 0.5) is 11.4 Å². The molecule has 0 aliphatic rings. The van der Waals surface area contributed by atoms with Crippen LogP contribution in [0.15, 0.2) is 12.1 Å². The fourth-order valence-electron chi connectivity index (χ4n) is 2.34. The van der Waals surface area contributed by atoms with Crippen LogP contribution in [0.1, 0.15) is 32.3 Å². The summed E-state index contributed by atoms with van der Waals surface area (Å²) in [5.41, 5.74) is 8.57. The molecule has 0 heterocycles. The number of anilines is 2. The minimum absolute atomic E-state index is 0.137. The second kappa shape index (κ2) is 6.86. The highest BCUT2D eigenvalue weighted by Gasteiger charge is 2.18. The second-order valence-electron chi connectivity index (χ2n) is 4.55. The molecule has 0 atom stereocenters. The summed E-state index contributed by atoms with van der Waals surface area (Å²) < 4.78 is 0. The molecule has 3 nitrogen and oxygen atoms in total. The minimum atomic E-state index is 0.137. The zero-order chi connectivity index (χ0) is 13.7. The summed E-state index contributed by atoms with van der Waals surface area (Å²) in [6, 6.07) is 4.21. The standard InChI is InChI=1S/C14H23ClN2O/c1-4-11(5-2)17(6-7-18)14-9-12(15)13(16)8-10(14)3/h8-9,11,18H,4-7,16H2,1-3H3. The van der Waals surface area contributed by atoms with E-state index < -0.39 is 0 Å². The summed E-state index contributed by atoms with van der Waals surface area (Å²) in [6.07, 6.45) is 2.08. The average molecular weight is 271 g/mol. The van der Waals surface area contributed by atoms with Gasteiger partial charge in [0.05, 0.1) is 17.3 Å². The Bertz CT molecular complexity index is 392. The highest BCUT2D eigenvalue weighted by atomic mass is 35.5. The van der Waals surface area contributed by atoms with Crippen LogP contribution in [0.25, 0.3) is 0 Å². The number of nitrogens with zero attached hydrogens (tertiary/aromatic N) is 1. The predicted octanol–water partition coefficient (Wildman–Crippen LogP) is 3.22. The Balaban J connectivity index is 3.16. The van der Waals surface area contributed by atoms with E-state index in [-0.39, 0.29) is 6.61 Å². The zero-order valence-corrected chi connectivity index (χ0v) is 12.2. The quantitative estimate of drug-likeness (QED) is 0.781. The highest BCUT2D eigenvalue weighted by Crippen LogP contribution is 2.31. The van der Waals surface area contributed by atoms with Crippen LogP contribution in [-0.4, -0.2) is 24.3 Å². The molecule has 0 saturated carbocycles. The highest BCUT2D eigenvalue weighted by molar-refractivity contribution is 6.33. The van der Waals surface area contributed by atoms with E-state index in [1.54, 1.807) is 0 Å². The second-order valence-corrected chi connectivity index (χ2v) is 4.95. The lowest BCUT2D eigenvalue weighted by atomic mass is 10.1. The first-order valence-electron chi connectivity index (χ1n) is 6.48. The third-order valence-corrected chi connectivity index (χ3v) is 3.68. The van der Waals surface area contributed by atoms with E-state index in [2.05, 4.69) is 18.7 Å². The number of rotatable bonds is 6. The SMILES string of the molecule is CCC(CC)N(CCO)c1cc(Cl)c(N)cc1C. The van der Waals surface area contributed by atoms with E-state index in [9.17, 15) is 5.11 Å². The van der Waals surface area contributed by atoms with Crippen LogP contribution < -0.4 is 10.6 Å². The van der Waals surface area contributed by atoms with Crippen LogP contribution in [0.3, 0.4) is 0 Å². The summed E-state index contributed by atoms with van der Waals surface area (Å²) in [7, 11) is 0. The molecule has 0 aromatic heterocycles. The normalized spacial score (nSPS) is 11.0. The molecule has 0 aliphatic carbocycles. The van der Waals surface area contributed by atoms with Gasteiger partial charge in [0, 0.05) is 18.3 Å². The van der Waals surface area contributed by atoms with Gasteiger partial charge in [-0.2, -0.15) is 0 Å². The van der Waals surface area contributed by atoms with Crippen molar-refractivity contribution in [3.05, 3.63) is 22.7 Å². The Labute approximate surface area is 115 Å². The average Bonchev–Trinajstić information content (AvgIpc) is 2.34. The summed E-state index contributed by atoms with van der Waals surface area (Å²) in [5.74, 6) is 0. The van der Waals surface area contributed by atoms with Gasteiger partial charge in [0.1, 0.15) is 0 Å². The number of hydrogen-bond donors (Lipinski definition) is 2. The molecular weight excluding hydrogens is 248 g/mol. The number of aryl methyl sites for hydroxylation is 1. The number of aliphatic hydroxyl groups excluding tert-OH is 1. The monoisotopic (exact) mass is 270 g/mol. The zero-order valence-electron chi connectivity index (χ0n) is 11.4. The van der Waals surface area contributed by atoms with Crippen molar-refractivity contribution in [1.29, 1.82) is 0 Å². The Hall–Kier alpha value is -0.930. The third kappa shape index (κ3) is 3.30. The van der Waals surface area contributed by atoms with Crippen LogP contribution in [0.2, 0.25) is 5.02 Å². The topological polar surface area (TPSA) is 49.5 Å². The molecule has 1 aromatic carbocycles. The van der Waals surface area contributed by atoms with Crippen LogP contribution >= 0.6 is 11.6 Å². The van der Waals surface area contributed by atoms with Gasteiger partial charge in [0.25, 0.3) is 0 Å². The predicted molar refractivity (Wildman–Crippen MR) is 79.4 cm³/mol. The van der Waals surface area contributed by atoms with Crippen molar-refractivity contribution in [2.75, 3.05) is 23.8 Å². The van der Waals surface area contributed by atoms with E-state index in [4.69, 9.17) is 17.3 Å².